The van der Waals surface area contributed by atoms with Crippen LogP contribution in [0.25, 0.3) is 0 Å². The van der Waals surface area contributed by atoms with Crippen LogP contribution in [0.15, 0.2) is 54.6 Å². The highest BCUT2D eigenvalue weighted by Crippen LogP contribution is 2.20. The van der Waals surface area contributed by atoms with Gasteiger partial charge in [-0.1, -0.05) is 30.3 Å². The molecule has 2 aromatic carbocycles. The minimum Gasteiger partial charge on any atom is -0.457 e. The lowest BCUT2D eigenvalue weighted by Crippen LogP contribution is -2.15. The standard InChI is InChI=1S/C15H15NO2/c17-11-10-16-12-13-6-8-15(9-7-13)18-14-4-2-1-3-5-14/h1-9,11,16H,10,12H2. The summed E-state index contributed by atoms with van der Waals surface area (Å²) in [5.74, 6) is 1.63. The van der Waals surface area contributed by atoms with Gasteiger partial charge in [-0.3, -0.25) is 0 Å². The molecule has 2 rings (SSSR count). The second-order valence-electron chi connectivity index (χ2n) is 3.86. The van der Waals surface area contributed by atoms with Crippen LogP contribution in [0.4, 0.5) is 0 Å². The summed E-state index contributed by atoms with van der Waals surface area (Å²) in [5, 5.41) is 3.01. The van der Waals surface area contributed by atoms with Crippen molar-refractivity contribution in [2.24, 2.45) is 0 Å². The smallest absolute Gasteiger partial charge is 0.133 e. The molecule has 0 bridgehead atoms. The summed E-state index contributed by atoms with van der Waals surface area (Å²) >= 11 is 0. The summed E-state index contributed by atoms with van der Waals surface area (Å²) in [4.78, 5) is 10.2. The number of ether oxygens (including phenoxy) is 1. The van der Waals surface area contributed by atoms with Crippen molar-refractivity contribution in [1.29, 1.82) is 0 Å². The third-order valence-corrected chi connectivity index (χ3v) is 2.46. The number of carbonyl (C=O) groups is 1. The highest BCUT2D eigenvalue weighted by atomic mass is 16.5. The molecule has 0 spiro atoms. The molecule has 18 heavy (non-hydrogen) atoms. The van der Waals surface area contributed by atoms with E-state index in [0.29, 0.717) is 13.1 Å². The number of hydrogen-bond acceptors (Lipinski definition) is 3. The average molecular weight is 241 g/mol. The largest absolute Gasteiger partial charge is 0.457 e. The molecule has 3 nitrogen and oxygen atoms in total. The van der Waals surface area contributed by atoms with Gasteiger partial charge in [0.05, 0.1) is 6.54 Å². The maximum Gasteiger partial charge on any atom is 0.133 e. The molecular formula is C15H15NO2. The van der Waals surface area contributed by atoms with E-state index in [9.17, 15) is 4.79 Å². The molecule has 0 aliphatic heterocycles. The first-order valence-corrected chi connectivity index (χ1v) is 5.84. The number of aldehydes is 1. The minimum absolute atomic E-state index is 0.377. The Bertz CT molecular complexity index is 480. The van der Waals surface area contributed by atoms with Crippen molar-refractivity contribution in [2.75, 3.05) is 6.54 Å². The summed E-state index contributed by atoms with van der Waals surface area (Å²) in [6.07, 6.45) is 0.854. The monoisotopic (exact) mass is 241 g/mol. The second-order valence-corrected chi connectivity index (χ2v) is 3.86. The van der Waals surface area contributed by atoms with Gasteiger partial charge in [0, 0.05) is 6.54 Å². The zero-order valence-electron chi connectivity index (χ0n) is 10.0. The average Bonchev–Trinajstić information content (AvgIpc) is 2.42. The van der Waals surface area contributed by atoms with Gasteiger partial charge in [0.15, 0.2) is 0 Å². The van der Waals surface area contributed by atoms with Crippen LogP contribution in [-0.4, -0.2) is 12.8 Å². The molecule has 0 aliphatic carbocycles. The van der Waals surface area contributed by atoms with Crippen LogP contribution in [0.2, 0.25) is 0 Å². The van der Waals surface area contributed by atoms with Gasteiger partial charge < -0.3 is 14.8 Å². The Morgan fingerprint density at radius 1 is 0.944 bits per heavy atom. The summed E-state index contributed by atoms with van der Waals surface area (Å²) in [6, 6.07) is 17.5. The van der Waals surface area contributed by atoms with Gasteiger partial charge in [0.1, 0.15) is 17.8 Å². The number of nitrogens with one attached hydrogen (secondary N) is 1. The van der Waals surface area contributed by atoms with E-state index in [2.05, 4.69) is 5.32 Å². The van der Waals surface area contributed by atoms with Crippen molar-refractivity contribution in [3.8, 4) is 11.5 Å². The Morgan fingerprint density at radius 3 is 2.28 bits per heavy atom. The summed E-state index contributed by atoms with van der Waals surface area (Å²) in [6.45, 7) is 1.06. The number of hydrogen-bond donors (Lipinski definition) is 1. The van der Waals surface area contributed by atoms with Gasteiger partial charge in [-0.15, -0.1) is 0 Å². The number of rotatable bonds is 6. The highest BCUT2D eigenvalue weighted by molar-refractivity contribution is 5.51. The quantitative estimate of drug-likeness (QED) is 0.624. The van der Waals surface area contributed by atoms with E-state index in [1.165, 1.54) is 0 Å². The molecule has 3 heteroatoms. The second kappa shape index (κ2) is 6.57. The van der Waals surface area contributed by atoms with Gasteiger partial charge in [-0.2, -0.15) is 0 Å². The van der Waals surface area contributed by atoms with Crippen molar-refractivity contribution in [1.82, 2.24) is 5.32 Å². The molecule has 0 saturated carbocycles. The molecule has 0 unspecified atom stereocenters. The molecule has 0 saturated heterocycles. The zero-order valence-corrected chi connectivity index (χ0v) is 10.0. The van der Waals surface area contributed by atoms with E-state index in [1.54, 1.807) is 0 Å². The van der Waals surface area contributed by atoms with E-state index in [4.69, 9.17) is 4.74 Å². The number of para-hydroxylation sites is 1. The normalized spacial score (nSPS) is 10.0. The van der Waals surface area contributed by atoms with E-state index in [0.717, 1.165) is 23.3 Å². The van der Waals surface area contributed by atoms with Crippen molar-refractivity contribution in [2.45, 2.75) is 6.54 Å². The fourth-order valence-corrected chi connectivity index (χ4v) is 1.58. The Balaban J connectivity index is 1.93. The molecule has 0 aliphatic rings. The predicted octanol–water partition coefficient (Wildman–Crippen LogP) is 2.77. The summed E-state index contributed by atoms with van der Waals surface area (Å²) in [7, 11) is 0. The molecule has 1 N–H and O–H groups in total. The van der Waals surface area contributed by atoms with E-state index in [1.807, 2.05) is 54.6 Å². The maximum atomic E-state index is 10.2. The van der Waals surface area contributed by atoms with E-state index >= 15 is 0 Å². The summed E-state index contributed by atoms with van der Waals surface area (Å²) < 4.78 is 5.68. The lowest BCUT2D eigenvalue weighted by atomic mass is 10.2. The van der Waals surface area contributed by atoms with Crippen molar-refractivity contribution >= 4 is 6.29 Å². The third-order valence-electron chi connectivity index (χ3n) is 2.46. The topological polar surface area (TPSA) is 38.3 Å². The molecule has 0 amide bonds. The molecule has 2 aromatic rings. The molecular weight excluding hydrogens is 226 g/mol. The lowest BCUT2D eigenvalue weighted by molar-refractivity contribution is -0.107. The minimum atomic E-state index is 0.377. The van der Waals surface area contributed by atoms with Crippen LogP contribution < -0.4 is 10.1 Å². The Kier molecular flexibility index (Phi) is 4.50. The first-order valence-electron chi connectivity index (χ1n) is 5.84. The van der Waals surface area contributed by atoms with Crippen LogP contribution in [0.5, 0.6) is 11.5 Å². The van der Waals surface area contributed by atoms with Gasteiger partial charge >= 0.3 is 0 Å². The lowest BCUT2D eigenvalue weighted by Gasteiger charge is -2.06. The number of carbonyl (C=O) groups excluding carboxylic acids is 1. The SMILES string of the molecule is O=CCNCc1ccc(Oc2ccccc2)cc1. The Morgan fingerprint density at radius 2 is 1.61 bits per heavy atom. The van der Waals surface area contributed by atoms with Crippen LogP contribution >= 0.6 is 0 Å². The fourth-order valence-electron chi connectivity index (χ4n) is 1.58. The van der Waals surface area contributed by atoms with Crippen molar-refractivity contribution in [3.05, 3.63) is 60.2 Å². The molecule has 0 radical (unpaired) electrons. The van der Waals surface area contributed by atoms with E-state index in [-0.39, 0.29) is 0 Å². The third kappa shape index (κ3) is 3.71. The Labute approximate surface area is 106 Å². The number of benzene rings is 2. The van der Waals surface area contributed by atoms with Crippen LogP contribution in [0, 0.1) is 0 Å². The fraction of sp³-hybridized carbons (Fsp3) is 0.133. The molecule has 0 heterocycles. The van der Waals surface area contributed by atoms with E-state index < -0.39 is 0 Å². The first-order chi connectivity index (χ1) is 8.88. The van der Waals surface area contributed by atoms with Crippen LogP contribution in [0.1, 0.15) is 5.56 Å². The van der Waals surface area contributed by atoms with Gasteiger partial charge in [0.2, 0.25) is 0 Å². The predicted molar refractivity (Wildman–Crippen MR) is 70.7 cm³/mol. The Hall–Kier alpha value is -2.13. The van der Waals surface area contributed by atoms with Gasteiger partial charge in [0.25, 0.3) is 0 Å². The van der Waals surface area contributed by atoms with Crippen LogP contribution in [0.3, 0.4) is 0 Å². The van der Waals surface area contributed by atoms with Crippen LogP contribution in [-0.2, 0) is 11.3 Å². The van der Waals surface area contributed by atoms with Crippen molar-refractivity contribution < 1.29 is 9.53 Å². The maximum absolute atomic E-state index is 10.2. The highest BCUT2D eigenvalue weighted by Gasteiger charge is 1.97. The zero-order chi connectivity index (χ0) is 12.6. The van der Waals surface area contributed by atoms with Gasteiger partial charge in [-0.05, 0) is 29.8 Å². The molecule has 0 aromatic heterocycles. The molecule has 0 fully saturated rings. The van der Waals surface area contributed by atoms with Crippen molar-refractivity contribution in [3.63, 3.8) is 0 Å². The van der Waals surface area contributed by atoms with Gasteiger partial charge in [-0.25, -0.2) is 0 Å². The molecule has 0 atom stereocenters. The first kappa shape index (κ1) is 12.3. The summed E-state index contributed by atoms with van der Waals surface area (Å²) in [5.41, 5.74) is 1.12. The molecule has 92 valence electrons.